The van der Waals surface area contributed by atoms with E-state index in [4.69, 9.17) is 0 Å². The number of nitrogens with one attached hydrogen (secondary N) is 4. The second-order valence-electron chi connectivity index (χ2n) is 4.59. The van der Waals surface area contributed by atoms with Crippen molar-refractivity contribution in [3.8, 4) is 0 Å². The predicted octanol–water partition coefficient (Wildman–Crippen LogP) is 2.46. The van der Waals surface area contributed by atoms with Crippen molar-refractivity contribution in [2.75, 3.05) is 0 Å². The Kier molecular flexibility index (Phi) is 4.84. The molecule has 2 aromatic heterocycles. The molecule has 0 aromatic carbocycles. The van der Waals surface area contributed by atoms with E-state index in [1.54, 1.807) is 12.3 Å². The summed E-state index contributed by atoms with van der Waals surface area (Å²) >= 11 is 6.55. The number of aromatic nitrogens is 3. The Morgan fingerprint density at radius 2 is 1.90 bits per heavy atom. The Labute approximate surface area is 137 Å². The van der Waals surface area contributed by atoms with Gasteiger partial charge in [-0.25, -0.2) is 0 Å². The van der Waals surface area contributed by atoms with E-state index >= 15 is 0 Å². The third kappa shape index (κ3) is 3.53. The fourth-order valence-corrected chi connectivity index (χ4v) is 2.77. The molecular weight excluding hydrogens is 406 g/mol. The molecule has 0 spiro atoms. The maximum Gasteiger partial charge on any atom is 0.291 e. The lowest BCUT2D eigenvalue weighted by molar-refractivity contribution is 0.0841. The van der Waals surface area contributed by atoms with Crippen LogP contribution in [0, 0.1) is 0 Å². The molecule has 0 saturated carbocycles. The Morgan fingerprint density at radius 3 is 2.43 bits per heavy atom. The highest BCUT2D eigenvalue weighted by molar-refractivity contribution is 9.10. The zero-order valence-electron chi connectivity index (χ0n) is 11.3. The molecule has 0 bridgehead atoms. The van der Waals surface area contributed by atoms with Crippen molar-refractivity contribution in [3.63, 3.8) is 0 Å². The van der Waals surface area contributed by atoms with Crippen LogP contribution < -0.4 is 10.9 Å². The average molecular weight is 419 g/mol. The topological polar surface area (TPSA) is 103 Å². The van der Waals surface area contributed by atoms with E-state index in [1.165, 1.54) is 0 Å². The summed E-state index contributed by atoms with van der Waals surface area (Å²) in [6, 6.07) is 1.60. The first-order valence-corrected chi connectivity index (χ1v) is 7.67. The van der Waals surface area contributed by atoms with Gasteiger partial charge in [-0.05, 0) is 43.8 Å². The standard InChI is InChI=1S/C12H13Br2N5O2/c1-5(2)9-8(14)10(17-16-9)12(21)19-18-11(20)7-3-6(13)4-15-7/h3-5,15H,1-2H3,(H,16,17)(H,18,20)(H,19,21). The molecule has 2 rings (SSSR count). The maximum absolute atomic E-state index is 12.0. The first-order chi connectivity index (χ1) is 9.90. The van der Waals surface area contributed by atoms with Gasteiger partial charge in [-0.1, -0.05) is 13.8 Å². The van der Waals surface area contributed by atoms with Crippen LogP contribution in [-0.4, -0.2) is 27.0 Å². The van der Waals surface area contributed by atoms with Gasteiger partial charge >= 0.3 is 0 Å². The van der Waals surface area contributed by atoms with Crippen molar-refractivity contribution in [3.05, 3.63) is 38.3 Å². The molecule has 0 radical (unpaired) electrons. The first kappa shape index (κ1) is 15.8. The number of halogens is 2. The van der Waals surface area contributed by atoms with Gasteiger partial charge < -0.3 is 4.98 Å². The molecule has 4 N–H and O–H groups in total. The Morgan fingerprint density at radius 1 is 1.24 bits per heavy atom. The summed E-state index contributed by atoms with van der Waals surface area (Å²) in [7, 11) is 0. The molecule has 0 aliphatic rings. The molecule has 0 saturated heterocycles. The van der Waals surface area contributed by atoms with E-state index in [-0.39, 0.29) is 11.6 Å². The van der Waals surface area contributed by atoms with E-state index in [2.05, 4.69) is 57.9 Å². The van der Waals surface area contributed by atoms with Crippen molar-refractivity contribution in [1.29, 1.82) is 0 Å². The van der Waals surface area contributed by atoms with Gasteiger partial charge in [-0.15, -0.1) is 0 Å². The minimum absolute atomic E-state index is 0.187. The summed E-state index contributed by atoms with van der Waals surface area (Å²) in [5.41, 5.74) is 5.96. The summed E-state index contributed by atoms with van der Waals surface area (Å²) in [6.07, 6.45) is 1.62. The number of rotatable bonds is 3. The highest BCUT2D eigenvalue weighted by Gasteiger charge is 2.20. The molecule has 21 heavy (non-hydrogen) atoms. The van der Waals surface area contributed by atoms with Crippen molar-refractivity contribution in [2.45, 2.75) is 19.8 Å². The average Bonchev–Trinajstić information content (AvgIpc) is 3.01. The van der Waals surface area contributed by atoms with E-state index in [0.717, 1.165) is 10.2 Å². The number of aromatic amines is 2. The quantitative estimate of drug-likeness (QED) is 0.575. The number of hydrazine groups is 1. The van der Waals surface area contributed by atoms with Gasteiger partial charge in [0.2, 0.25) is 0 Å². The first-order valence-electron chi connectivity index (χ1n) is 6.08. The van der Waals surface area contributed by atoms with Gasteiger partial charge in [0.05, 0.1) is 10.2 Å². The summed E-state index contributed by atoms with van der Waals surface area (Å²) in [5.74, 6) is -0.770. The normalized spacial score (nSPS) is 10.7. The van der Waals surface area contributed by atoms with Crippen molar-refractivity contribution in [2.24, 2.45) is 0 Å². The summed E-state index contributed by atoms with van der Waals surface area (Å²) in [4.78, 5) is 26.5. The third-order valence-corrected chi connectivity index (χ3v) is 3.97. The van der Waals surface area contributed by atoms with E-state index in [9.17, 15) is 9.59 Å². The number of carbonyl (C=O) groups is 2. The molecule has 0 aliphatic carbocycles. The van der Waals surface area contributed by atoms with Crippen LogP contribution in [0.1, 0.15) is 46.4 Å². The van der Waals surface area contributed by atoms with Gasteiger partial charge in [-0.2, -0.15) is 5.10 Å². The van der Waals surface area contributed by atoms with Crippen LogP contribution in [0.4, 0.5) is 0 Å². The number of hydrogen-bond acceptors (Lipinski definition) is 3. The van der Waals surface area contributed by atoms with Crippen LogP contribution in [0.3, 0.4) is 0 Å². The lowest BCUT2D eigenvalue weighted by Gasteiger charge is -2.05. The van der Waals surface area contributed by atoms with E-state index in [0.29, 0.717) is 10.2 Å². The Balaban J connectivity index is 2.00. The van der Waals surface area contributed by atoms with Crippen molar-refractivity contribution in [1.82, 2.24) is 26.0 Å². The zero-order valence-corrected chi connectivity index (χ0v) is 14.4. The Hall–Kier alpha value is -1.61. The molecule has 7 nitrogen and oxygen atoms in total. The molecule has 0 fully saturated rings. The van der Waals surface area contributed by atoms with E-state index in [1.807, 2.05) is 13.8 Å². The number of amides is 2. The molecule has 2 amide bonds. The third-order valence-electron chi connectivity index (χ3n) is 2.71. The second kappa shape index (κ2) is 6.44. The van der Waals surface area contributed by atoms with Crippen LogP contribution in [0.25, 0.3) is 0 Å². The van der Waals surface area contributed by atoms with Crippen LogP contribution in [0.2, 0.25) is 0 Å². The largest absolute Gasteiger partial charge is 0.356 e. The number of nitrogens with zero attached hydrogens (tertiary/aromatic N) is 1. The lowest BCUT2D eigenvalue weighted by Crippen LogP contribution is -2.42. The van der Waals surface area contributed by atoms with E-state index < -0.39 is 11.8 Å². The molecule has 0 unspecified atom stereocenters. The molecule has 112 valence electrons. The van der Waals surface area contributed by atoms with Crippen LogP contribution in [-0.2, 0) is 0 Å². The van der Waals surface area contributed by atoms with Gasteiger partial charge in [0, 0.05) is 10.7 Å². The molecule has 0 aliphatic heterocycles. The minimum atomic E-state index is -0.510. The number of hydrogen-bond donors (Lipinski definition) is 4. The fraction of sp³-hybridized carbons (Fsp3) is 0.250. The van der Waals surface area contributed by atoms with Crippen molar-refractivity contribution >= 4 is 43.7 Å². The molecule has 2 heterocycles. The fourth-order valence-electron chi connectivity index (χ4n) is 1.61. The number of H-pyrrole nitrogens is 2. The van der Waals surface area contributed by atoms with Gasteiger partial charge in [0.15, 0.2) is 5.69 Å². The highest BCUT2D eigenvalue weighted by Crippen LogP contribution is 2.25. The smallest absolute Gasteiger partial charge is 0.291 e. The molecular formula is C12H13Br2N5O2. The second-order valence-corrected chi connectivity index (χ2v) is 6.30. The van der Waals surface area contributed by atoms with Crippen LogP contribution >= 0.6 is 31.9 Å². The molecule has 9 heteroatoms. The minimum Gasteiger partial charge on any atom is -0.356 e. The predicted molar refractivity (Wildman–Crippen MR) is 83.8 cm³/mol. The van der Waals surface area contributed by atoms with Crippen LogP contribution in [0.5, 0.6) is 0 Å². The summed E-state index contributed by atoms with van der Waals surface area (Å²) in [5, 5.41) is 6.74. The van der Waals surface area contributed by atoms with Gasteiger partial charge in [0.25, 0.3) is 11.8 Å². The monoisotopic (exact) mass is 417 g/mol. The lowest BCUT2D eigenvalue weighted by atomic mass is 10.1. The summed E-state index contributed by atoms with van der Waals surface area (Å²) < 4.78 is 1.34. The highest BCUT2D eigenvalue weighted by atomic mass is 79.9. The Bertz CT molecular complexity index is 677. The maximum atomic E-state index is 12.0. The summed E-state index contributed by atoms with van der Waals surface area (Å²) in [6.45, 7) is 3.95. The SMILES string of the molecule is CC(C)c1[nH]nc(C(=O)NNC(=O)c2cc(Br)c[nH]2)c1Br. The molecule has 2 aromatic rings. The van der Waals surface area contributed by atoms with Gasteiger partial charge in [-0.3, -0.25) is 25.5 Å². The van der Waals surface area contributed by atoms with Crippen molar-refractivity contribution < 1.29 is 9.59 Å². The van der Waals surface area contributed by atoms with Gasteiger partial charge in [0.1, 0.15) is 5.69 Å². The molecule has 0 atom stereocenters. The number of carbonyl (C=O) groups excluding carboxylic acids is 2. The van der Waals surface area contributed by atoms with Crippen LogP contribution in [0.15, 0.2) is 21.2 Å². The zero-order chi connectivity index (χ0) is 15.6.